The maximum atomic E-state index is 5.35. The number of aliphatic imine (C=N–C) groups is 1. The van der Waals surface area contributed by atoms with Gasteiger partial charge in [-0.25, -0.2) is 10.4 Å². The summed E-state index contributed by atoms with van der Waals surface area (Å²) in [5.41, 5.74) is 6.37. The van der Waals surface area contributed by atoms with E-state index in [-0.39, 0.29) is 0 Å². The van der Waals surface area contributed by atoms with E-state index in [0.717, 1.165) is 54.7 Å². The highest BCUT2D eigenvalue weighted by Gasteiger charge is 2.21. The van der Waals surface area contributed by atoms with Crippen LogP contribution in [0.4, 0.5) is 0 Å². The number of fused-ring (bicyclic) bond motifs is 1. The topological polar surface area (TPSA) is 67.2 Å². The van der Waals surface area contributed by atoms with Gasteiger partial charge in [0.1, 0.15) is 0 Å². The van der Waals surface area contributed by atoms with Crippen LogP contribution in [0.25, 0.3) is 0 Å². The number of rotatable bonds is 3. The minimum Gasteiger partial charge on any atom is -0.493 e. The first-order valence-corrected chi connectivity index (χ1v) is 6.68. The zero-order chi connectivity index (χ0) is 13.9. The first-order valence-electron chi connectivity index (χ1n) is 6.68. The molecule has 1 aromatic rings. The molecular weight excluding hydrogens is 256 g/mol. The van der Waals surface area contributed by atoms with Crippen LogP contribution in [0.15, 0.2) is 22.2 Å². The second-order valence-corrected chi connectivity index (χ2v) is 4.69. The fourth-order valence-electron chi connectivity index (χ4n) is 2.49. The summed E-state index contributed by atoms with van der Waals surface area (Å²) in [6.07, 6.45) is 1.88. The van der Waals surface area contributed by atoms with E-state index in [9.17, 15) is 0 Å². The van der Waals surface area contributed by atoms with E-state index < -0.39 is 0 Å². The fraction of sp³-hybridized carbons (Fsp3) is 0.429. The predicted octanol–water partition coefficient (Wildman–Crippen LogP) is 0.903. The summed E-state index contributed by atoms with van der Waals surface area (Å²) in [6.45, 7) is 1.67. The van der Waals surface area contributed by atoms with Gasteiger partial charge in [-0.1, -0.05) is 0 Å². The van der Waals surface area contributed by atoms with Crippen molar-refractivity contribution in [2.24, 2.45) is 10.1 Å². The number of benzene rings is 1. The van der Waals surface area contributed by atoms with Crippen LogP contribution in [0.1, 0.15) is 17.5 Å². The Morgan fingerprint density at radius 1 is 1.20 bits per heavy atom. The van der Waals surface area contributed by atoms with Gasteiger partial charge in [-0.15, -0.1) is 0 Å². The molecule has 0 atom stereocenters. The summed E-state index contributed by atoms with van der Waals surface area (Å²) < 4.78 is 10.7. The van der Waals surface area contributed by atoms with E-state index in [0.29, 0.717) is 0 Å². The Bertz CT molecular complexity index is 581. The minimum absolute atomic E-state index is 0.734. The van der Waals surface area contributed by atoms with Crippen LogP contribution in [0.2, 0.25) is 0 Å². The van der Waals surface area contributed by atoms with Gasteiger partial charge in [0.25, 0.3) is 0 Å². The highest BCUT2D eigenvalue weighted by Crippen LogP contribution is 2.34. The standard InChI is InChI=1S/C14H18N4O2/c1-19-12-7-9-3-4-11(10(9)8-13(12)20-2)17-18-14-15-5-6-16-14/h7-8H,3-6H2,1-2H3,(H2,15,16,18). The molecule has 1 heterocycles. The molecule has 6 nitrogen and oxygen atoms in total. The third-order valence-electron chi connectivity index (χ3n) is 3.52. The minimum atomic E-state index is 0.734. The Labute approximate surface area is 117 Å². The third kappa shape index (κ3) is 2.29. The summed E-state index contributed by atoms with van der Waals surface area (Å²) in [5.74, 6) is 2.24. The van der Waals surface area contributed by atoms with Crippen molar-refractivity contribution < 1.29 is 9.47 Å². The average molecular weight is 274 g/mol. The van der Waals surface area contributed by atoms with E-state index in [1.165, 1.54) is 5.56 Å². The molecule has 106 valence electrons. The van der Waals surface area contributed by atoms with Crippen LogP contribution < -0.4 is 20.2 Å². The summed E-state index contributed by atoms with van der Waals surface area (Å²) in [5, 5.41) is 7.59. The molecule has 0 bridgehead atoms. The second kappa shape index (κ2) is 5.40. The molecule has 0 saturated heterocycles. The lowest BCUT2D eigenvalue weighted by Crippen LogP contribution is -2.30. The highest BCUT2D eigenvalue weighted by atomic mass is 16.5. The van der Waals surface area contributed by atoms with E-state index in [4.69, 9.17) is 9.47 Å². The molecule has 1 aliphatic heterocycles. The predicted molar refractivity (Wildman–Crippen MR) is 77.8 cm³/mol. The molecular formula is C14H18N4O2. The van der Waals surface area contributed by atoms with Gasteiger partial charge < -0.3 is 14.8 Å². The molecule has 0 aromatic heterocycles. The van der Waals surface area contributed by atoms with Crippen molar-refractivity contribution in [3.8, 4) is 11.5 Å². The zero-order valence-corrected chi connectivity index (χ0v) is 11.7. The van der Waals surface area contributed by atoms with Crippen molar-refractivity contribution >= 4 is 11.7 Å². The summed E-state index contributed by atoms with van der Waals surface area (Å²) >= 11 is 0. The number of hydrogen-bond donors (Lipinski definition) is 2. The molecule has 2 aliphatic rings. The van der Waals surface area contributed by atoms with Crippen LogP contribution >= 0.6 is 0 Å². The number of guanidine groups is 1. The van der Waals surface area contributed by atoms with Crippen molar-refractivity contribution in [1.82, 2.24) is 10.7 Å². The Kier molecular flexibility index (Phi) is 3.45. The number of methoxy groups -OCH3 is 2. The Hall–Kier alpha value is -2.24. The normalized spacial score (nSPS) is 18.5. The van der Waals surface area contributed by atoms with E-state index >= 15 is 0 Å². The first kappa shape index (κ1) is 12.8. The molecule has 1 aliphatic carbocycles. The van der Waals surface area contributed by atoms with E-state index in [1.54, 1.807) is 14.2 Å². The largest absolute Gasteiger partial charge is 0.493 e. The molecule has 0 unspecified atom stereocenters. The summed E-state index contributed by atoms with van der Waals surface area (Å²) in [6, 6.07) is 4.02. The quantitative estimate of drug-likeness (QED) is 0.804. The van der Waals surface area contributed by atoms with Gasteiger partial charge in [0.05, 0.1) is 26.5 Å². The van der Waals surface area contributed by atoms with Crippen molar-refractivity contribution in [3.05, 3.63) is 23.3 Å². The zero-order valence-electron chi connectivity index (χ0n) is 11.7. The SMILES string of the molecule is COc1cc2c(cc1OC)C(=NNC1=NCCN1)CC2. The fourth-order valence-corrected chi connectivity index (χ4v) is 2.49. The van der Waals surface area contributed by atoms with Crippen molar-refractivity contribution in [3.63, 3.8) is 0 Å². The van der Waals surface area contributed by atoms with Gasteiger partial charge in [-0.2, -0.15) is 5.10 Å². The van der Waals surface area contributed by atoms with Gasteiger partial charge in [-0.05, 0) is 30.5 Å². The Balaban J connectivity index is 1.87. The van der Waals surface area contributed by atoms with Gasteiger partial charge in [-0.3, -0.25) is 0 Å². The molecule has 0 spiro atoms. The average Bonchev–Trinajstić information content (AvgIpc) is 3.12. The van der Waals surface area contributed by atoms with Crippen LogP contribution in [0.3, 0.4) is 0 Å². The number of nitrogens with zero attached hydrogens (tertiary/aromatic N) is 2. The second-order valence-electron chi connectivity index (χ2n) is 4.69. The van der Waals surface area contributed by atoms with Gasteiger partial charge in [0, 0.05) is 12.1 Å². The molecule has 0 saturated carbocycles. The van der Waals surface area contributed by atoms with Gasteiger partial charge in [0.2, 0.25) is 5.96 Å². The lowest BCUT2D eigenvalue weighted by molar-refractivity contribution is 0.354. The van der Waals surface area contributed by atoms with E-state index in [2.05, 4.69) is 20.8 Å². The Morgan fingerprint density at radius 2 is 2.00 bits per heavy atom. The number of nitrogens with one attached hydrogen (secondary N) is 2. The van der Waals surface area contributed by atoms with Crippen LogP contribution in [0, 0.1) is 0 Å². The molecule has 0 radical (unpaired) electrons. The van der Waals surface area contributed by atoms with Gasteiger partial charge >= 0.3 is 0 Å². The lowest BCUT2D eigenvalue weighted by atomic mass is 10.1. The van der Waals surface area contributed by atoms with E-state index in [1.807, 2.05) is 12.1 Å². The van der Waals surface area contributed by atoms with Crippen molar-refractivity contribution in [1.29, 1.82) is 0 Å². The smallest absolute Gasteiger partial charge is 0.212 e. The monoisotopic (exact) mass is 274 g/mol. The number of hydrogen-bond acceptors (Lipinski definition) is 6. The maximum absolute atomic E-state index is 5.35. The maximum Gasteiger partial charge on any atom is 0.212 e. The summed E-state index contributed by atoms with van der Waals surface area (Å²) in [4.78, 5) is 4.26. The van der Waals surface area contributed by atoms with Crippen LogP contribution in [-0.4, -0.2) is 39.0 Å². The lowest BCUT2D eigenvalue weighted by Gasteiger charge is -2.10. The van der Waals surface area contributed by atoms with Crippen molar-refractivity contribution in [2.75, 3.05) is 27.3 Å². The van der Waals surface area contributed by atoms with Gasteiger partial charge in [0.15, 0.2) is 11.5 Å². The number of ether oxygens (including phenoxy) is 2. The molecule has 6 heteroatoms. The Morgan fingerprint density at radius 3 is 2.70 bits per heavy atom. The number of aryl methyl sites for hydroxylation is 1. The van der Waals surface area contributed by atoms with Crippen LogP contribution in [0.5, 0.6) is 11.5 Å². The third-order valence-corrected chi connectivity index (χ3v) is 3.52. The summed E-state index contributed by atoms with van der Waals surface area (Å²) in [7, 11) is 3.30. The molecule has 1 aromatic carbocycles. The highest BCUT2D eigenvalue weighted by molar-refractivity contribution is 6.05. The molecule has 0 amide bonds. The molecule has 2 N–H and O–H groups in total. The first-order chi connectivity index (χ1) is 9.81. The molecule has 0 fully saturated rings. The molecule has 3 rings (SSSR count). The van der Waals surface area contributed by atoms with Crippen LogP contribution in [-0.2, 0) is 6.42 Å². The molecule has 20 heavy (non-hydrogen) atoms. The van der Waals surface area contributed by atoms with Crippen molar-refractivity contribution in [2.45, 2.75) is 12.8 Å². The number of hydrazone groups is 1.